The third-order valence-electron chi connectivity index (χ3n) is 8.35. The normalized spacial score (nSPS) is 22.7. The van der Waals surface area contributed by atoms with Crippen molar-refractivity contribution in [3.8, 4) is 5.75 Å². The molecule has 1 aliphatic heterocycles. The summed E-state index contributed by atoms with van der Waals surface area (Å²) in [7, 11) is 2.64. The van der Waals surface area contributed by atoms with Gasteiger partial charge in [-0.15, -0.1) is 0 Å². The van der Waals surface area contributed by atoms with E-state index in [1.807, 2.05) is 0 Å². The molecule has 2 aromatic rings. The second kappa shape index (κ2) is 10.8. The Kier molecular flexibility index (Phi) is 7.93. The smallest absolute Gasteiger partial charge is 0.323 e. The average Bonchev–Trinajstić information content (AvgIpc) is 2.88. The van der Waals surface area contributed by atoms with Gasteiger partial charge in [-0.3, -0.25) is 14.5 Å². The molecule has 0 atom stereocenters. The molecule has 4 rings (SSSR count). The van der Waals surface area contributed by atoms with Gasteiger partial charge in [0.05, 0.1) is 20.3 Å². The van der Waals surface area contributed by atoms with Crippen molar-refractivity contribution in [3.63, 3.8) is 0 Å². The van der Waals surface area contributed by atoms with Crippen LogP contribution in [-0.2, 0) is 25.6 Å². The number of methoxy groups -OCH3 is 2. The van der Waals surface area contributed by atoms with Crippen LogP contribution < -0.4 is 4.74 Å². The summed E-state index contributed by atoms with van der Waals surface area (Å²) in [4.78, 5) is 27.0. The first-order valence-electron chi connectivity index (χ1n) is 13.2. The molecule has 36 heavy (non-hydrogen) atoms. The van der Waals surface area contributed by atoms with Gasteiger partial charge in [-0.05, 0) is 84.4 Å². The lowest BCUT2D eigenvalue weighted by molar-refractivity contribution is -0.173. The lowest BCUT2D eigenvalue weighted by Gasteiger charge is -2.37. The summed E-state index contributed by atoms with van der Waals surface area (Å²) in [6.45, 7) is 9.07. The lowest BCUT2D eigenvalue weighted by atomic mass is 9.72. The molecule has 6 heteroatoms. The molecule has 1 heterocycles. The second-order valence-electron chi connectivity index (χ2n) is 11.6. The number of carbonyl (C=O) groups excluding carboxylic acids is 2. The Hall–Kier alpha value is -2.60. The third-order valence-corrected chi connectivity index (χ3v) is 8.35. The van der Waals surface area contributed by atoms with Crippen molar-refractivity contribution >= 4 is 22.7 Å². The molecule has 2 aliphatic rings. The maximum absolute atomic E-state index is 12.4. The van der Waals surface area contributed by atoms with Crippen molar-refractivity contribution in [2.75, 3.05) is 27.3 Å². The van der Waals surface area contributed by atoms with Crippen LogP contribution in [0.25, 0.3) is 10.8 Å². The van der Waals surface area contributed by atoms with Crippen LogP contribution in [0.1, 0.15) is 64.9 Å². The SMILES string of the molecule is COC(=O)C1(C(=O)OC)CCN(Cc2ccc3cc(OC4CCC(C(C)(C)C)CC4)ccc3c2)CC1. The highest BCUT2D eigenvalue weighted by atomic mass is 16.5. The molecule has 6 nitrogen and oxygen atoms in total. The zero-order valence-electron chi connectivity index (χ0n) is 22.5. The summed E-state index contributed by atoms with van der Waals surface area (Å²) in [6.07, 6.45) is 5.84. The van der Waals surface area contributed by atoms with Gasteiger partial charge in [0.2, 0.25) is 0 Å². The standard InChI is InChI=1S/C30H41NO5/c1-29(2,3)24-9-12-25(13-10-24)36-26-11-8-22-18-21(6-7-23(22)19-26)20-31-16-14-30(15-17-31,27(32)34-4)28(33)35-5/h6-8,11,18-19,24-25H,9-10,12-17,20H2,1-5H3. The molecule has 2 aromatic carbocycles. The van der Waals surface area contributed by atoms with Gasteiger partial charge in [0.25, 0.3) is 0 Å². The second-order valence-corrected chi connectivity index (χ2v) is 11.6. The van der Waals surface area contributed by atoms with Crippen LogP contribution in [0.2, 0.25) is 0 Å². The number of hydrogen-bond acceptors (Lipinski definition) is 6. The maximum atomic E-state index is 12.4. The number of fused-ring (bicyclic) bond motifs is 1. The minimum atomic E-state index is -1.19. The van der Waals surface area contributed by atoms with E-state index in [-0.39, 0.29) is 0 Å². The van der Waals surface area contributed by atoms with Crippen molar-refractivity contribution in [3.05, 3.63) is 42.0 Å². The van der Waals surface area contributed by atoms with Gasteiger partial charge in [-0.1, -0.05) is 39.0 Å². The molecule has 1 saturated heterocycles. The number of hydrogen-bond donors (Lipinski definition) is 0. The molecule has 0 amide bonds. The van der Waals surface area contributed by atoms with Crippen LogP contribution in [0, 0.1) is 16.7 Å². The lowest BCUT2D eigenvalue weighted by Crippen LogP contribution is -2.49. The van der Waals surface area contributed by atoms with E-state index in [1.54, 1.807) is 0 Å². The number of esters is 2. The molecule has 0 bridgehead atoms. The van der Waals surface area contributed by atoms with E-state index in [2.05, 4.69) is 62.1 Å². The first kappa shape index (κ1) is 26.5. The van der Waals surface area contributed by atoms with Gasteiger partial charge in [0.1, 0.15) is 5.75 Å². The summed E-state index contributed by atoms with van der Waals surface area (Å²) < 4.78 is 16.2. The topological polar surface area (TPSA) is 65.1 Å². The fourth-order valence-corrected chi connectivity index (χ4v) is 5.92. The first-order valence-corrected chi connectivity index (χ1v) is 13.2. The largest absolute Gasteiger partial charge is 0.490 e. The van der Waals surface area contributed by atoms with E-state index in [4.69, 9.17) is 14.2 Å². The Bertz CT molecular complexity index is 1050. The highest BCUT2D eigenvalue weighted by Crippen LogP contribution is 2.39. The van der Waals surface area contributed by atoms with Gasteiger partial charge in [0, 0.05) is 19.6 Å². The molecule has 1 saturated carbocycles. The minimum Gasteiger partial charge on any atom is -0.490 e. The number of rotatable bonds is 6. The van der Waals surface area contributed by atoms with Gasteiger partial charge < -0.3 is 14.2 Å². The van der Waals surface area contributed by atoms with Crippen LogP contribution in [0.4, 0.5) is 0 Å². The minimum absolute atomic E-state index is 0.307. The number of piperidine rings is 1. The summed E-state index contributed by atoms with van der Waals surface area (Å²) in [5.74, 6) is 0.733. The number of benzene rings is 2. The number of likely N-dealkylation sites (tertiary alicyclic amines) is 1. The Labute approximate surface area is 215 Å². The molecule has 1 aliphatic carbocycles. The molecule has 0 N–H and O–H groups in total. The number of ether oxygens (including phenoxy) is 3. The summed E-state index contributed by atoms with van der Waals surface area (Å²) in [6, 6.07) is 12.9. The van der Waals surface area contributed by atoms with Crippen LogP contribution in [0.3, 0.4) is 0 Å². The summed E-state index contributed by atoms with van der Waals surface area (Å²) in [5.41, 5.74) is 0.401. The van der Waals surface area contributed by atoms with Gasteiger partial charge >= 0.3 is 11.9 Å². The Morgan fingerprint density at radius 1 is 0.889 bits per heavy atom. The first-order chi connectivity index (χ1) is 17.1. The molecule has 0 aromatic heterocycles. The van der Waals surface area contributed by atoms with E-state index in [1.165, 1.54) is 43.4 Å². The zero-order valence-corrected chi connectivity index (χ0v) is 22.5. The molecular weight excluding hydrogens is 454 g/mol. The van der Waals surface area contributed by atoms with Crippen molar-refractivity contribution < 1.29 is 23.8 Å². The fourth-order valence-electron chi connectivity index (χ4n) is 5.92. The van der Waals surface area contributed by atoms with Crippen LogP contribution in [-0.4, -0.2) is 50.3 Å². The van der Waals surface area contributed by atoms with Crippen LogP contribution >= 0.6 is 0 Å². The van der Waals surface area contributed by atoms with Crippen molar-refractivity contribution in [1.29, 1.82) is 0 Å². The quantitative estimate of drug-likeness (QED) is 0.375. The maximum Gasteiger partial charge on any atom is 0.323 e. The number of nitrogens with zero attached hydrogens (tertiary/aromatic N) is 1. The zero-order chi connectivity index (χ0) is 25.9. The molecule has 0 radical (unpaired) electrons. The molecule has 0 spiro atoms. The average molecular weight is 496 g/mol. The van der Waals surface area contributed by atoms with E-state index < -0.39 is 17.4 Å². The van der Waals surface area contributed by atoms with Crippen LogP contribution in [0.5, 0.6) is 5.75 Å². The summed E-state index contributed by atoms with van der Waals surface area (Å²) in [5, 5.41) is 2.36. The molecular formula is C30H41NO5. The predicted molar refractivity (Wildman–Crippen MR) is 141 cm³/mol. The summed E-state index contributed by atoms with van der Waals surface area (Å²) >= 11 is 0. The van der Waals surface area contributed by atoms with Gasteiger partial charge in [-0.2, -0.15) is 0 Å². The Morgan fingerprint density at radius 3 is 2.06 bits per heavy atom. The highest BCUT2D eigenvalue weighted by molar-refractivity contribution is 6.00. The van der Waals surface area contributed by atoms with Crippen molar-refractivity contribution in [2.45, 2.75) is 71.9 Å². The fraction of sp³-hybridized carbons (Fsp3) is 0.600. The van der Waals surface area contributed by atoms with E-state index in [0.717, 1.165) is 31.1 Å². The van der Waals surface area contributed by atoms with E-state index in [9.17, 15) is 9.59 Å². The van der Waals surface area contributed by atoms with Crippen LogP contribution in [0.15, 0.2) is 36.4 Å². The number of carbonyl (C=O) groups is 2. The van der Waals surface area contributed by atoms with Crippen molar-refractivity contribution in [1.82, 2.24) is 4.90 Å². The molecule has 196 valence electrons. The molecule has 0 unspecified atom stereocenters. The Morgan fingerprint density at radius 2 is 1.47 bits per heavy atom. The molecule has 2 fully saturated rings. The Balaban J connectivity index is 1.35. The van der Waals surface area contributed by atoms with Gasteiger partial charge in [0.15, 0.2) is 5.41 Å². The van der Waals surface area contributed by atoms with E-state index in [0.29, 0.717) is 37.5 Å². The van der Waals surface area contributed by atoms with E-state index >= 15 is 0 Å². The monoisotopic (exact) mass is 495 g/mol. The van der Waals surface area contributed by atoms with Gasteiger partial charge in [-0.25, -0.2) is 0 Å². The van der Waals surface area contributed by atoms with Crippen molar-refractivity contribution in [2.24, 2.45) is 16.7 Å². The highest BCUT2D eigenvalue weighted by Gasteiger charge is 2.50. The predicted octanol–water partition coefficient (Wildman–Crippen LogP) is 5.75. The third kappa shape index (κ3) is 5.69.